The van der Waals surface area contributed by atoms with Crippen LogP contribution >= 0.6 is 0 Å². The van der Waals surface area contributed by atoms with E-state index in [-0.39, 0.29) is 24.4 Å². The molecule has 144 valence electrons. The van der Waals surface area contributed by atoms with Gasteiger partial charge in [0, 0.05) is 12.1 Å². The fraction of sp³-hybridized carbons (Fsp3) is 0.286. The molecule has 3 aromatic rings. The fourth-order valence-electron chi connectivity index (χ4n) is 3.34. The van der Waals surface area contributed by atoms with Crippen LogP contribution in [0.5, 0.6) is 5.75 Å². The van der Waals surface area contributed by atoms with Gasteiger partial charge in [-0.05, 0) is 61.7 Å². The summed E-state index contributed by atoms with van der Waals surface area (Å²) < 4.78 is 24.1. The minimum atomic E-state index is -0.325. The Kier molecular flexibility index (Phi) is 5.06. The Morgan fingerprint density at radius 2 is 2.11 bits per heavy atom. The smallest absolute Gasteiger partial charge is 0.261 e. The number of ether oxygens (including phenoxy) is 1. The number of carbonyl (C=O) groups excluding carboxylic acids is 1. The summed E-state index contributed by atoms with van der Waals surface area (Å²) in [7, 11) is 0. The van der Waals surface area contributed by atoms with Crippen LogP contribution in [0.2, 0.25) is 0 Å². The van der Waals surface area contributed by atoms with E-state index in [0.29, 0.717) is 29.6 Å². The van der Waals surface area contributed by atoms with E-state index in [4.69, 9.17) is 9.26 Å². The first kappa shape index (κ1) is 18.2. The highest BCUT2D eigenvalue weighted by molar-refractivity contribution is 5.78. The van der Waals surface area contributed by atoms with Gasteiger partial charge in [-0.25, -0.2) is 4.39 Å². The van der Waals surface area contributed by atoms with Gasteiger partial charge in [0.1, 0.15) is 17.6 Å². The molecule has 1 aliphatic rings. The van der Waals surface area contributed by atoms with E-state index in [9.17, 15) is 9.18 Å². The second kappa shape index (κ2) is 7.80. The molecule has 1 saturated heterocycles. The van der Waals surface area contributed by atoms with E-state index >= 15 is 0 Å². The number of halogens is 1. The van der Waals surface area contributed by atoms with E-state index in [1.165, 1.54) is 12.1 Å². The van der Waals surface area contributed by atoms with Crippen molar-refractivity contribution in [3.05, 3.63) is 65.8 Å². The zero-order valence-electron chi connectivity index (χ0n) is 15.5. The highest BCUT2D eigenvalue weighted by Gasteiger charge is 2.34. The zero-order valence-corrected chi connectivity index (χ0v) is 15.5. The largest absolute Gasteiger partial charge is 0.484 e. The molecule has 1 aromatic heterocycles. The summed E-state index contributed by atoms with van der Waals surface area (Å²) >= 11 is 0. The molecule has 0 N–H and O–H groups in total. The summed E-state index contributed by atoms with van der Waals surface area (Å²) in [4.78, 5) is 18.8. The molecule has 4 rings (SSSR count). The van der Waals surface area contributed by atoms with Gasteiger partial charge in [-0.15, -0.1) is 0 Å². The molecular formula is C21H20FN3O3. The third-order valence-corrected chi connectivity index (χ3v) is 4.75. The van der Waals surface area contributed by atoms with E-state index in [1.807, 2.05) is 31.2 Å². The Morgan fingerprint density at radius 3 is 2.89 bits per heavy atom. The van der Waals surface area contributed by atoms with Crippen molar-refractivity contribution < 1.29 is 18.4 Å². The number of carbonyl (C=O) groups is 1. The van der Waals surface area contributed by atoms with Crippen LogP contribution in [-0.4, -0.2) is 34.1 Å². The molecular weight excluding hydrogens is 361 g/mol. The normalized spacial score (nSPS) is 16.4. The summed E-state index contributed by atoms with van der Waals surface area (Å²) in [6, 6.07) is 13.2. The van der Waals surface area contributed by atoms with E-state index < -0.39 is 0 Å². The van der Waals surface area contributed by atoms with Gasteiger partial charge in [-0.2, -0.15) is 4.98 Å². The Balaban J connectivity index is 1.44. The molecule has 0 spiro atoms. The van der Waals surface area contributed by atoms with Gasteiger partial charge >= 0.3 is 0 Å². The number of rotatable bonds is 5. The Morgan fingerprint density at radius 1 is 1.29 bits per heavy atom. The molecule has 1 fully saturated rings. The van der Waals surface area contributed by atoms with E-state index in [1.54, 1.807) is 17.0 Å². The molecule has 2 heterocycles. The molecule has 0 aliphatic carbocycles. The molecule has 1 aliphatic heterocycles. The molecule has 6 nitrogen and oxygen atoms in total. The van der Waals surface area contributed by atoms with E-state index in [2.05, 4.69) is 10.1 Å². The summed E-state index contributed by atoms with van der Waals surface area (Å²) in [6.45, 7) is 2.55. The summed E-state index contributed by atoms with van der Waals surface area (Å²) in [6.07, 6.45) is 1.61. The van der Waals surface area contributed by atoms with Crippen molar-refractivity contribution in [2.75, 3.05) is 13.2 Å². The molecule has 0 saturated carbocycles. The van der Waals surface area contributed by atoms with Crippen LogP contribution in [-0.2, 0) is 4.79 Å². The maximum atomic E-state index is 13.1. The van der Waals surface area contributed by atoms with Gasteiger partial charge in [0.2, 0.25) is 11.7 Å². The van der Waals surface area contributed by atoms with Crippen LogP contribution in [0, 0.1) is 12.7 Å². The predicted octanol–water partition coefficient (Wildman–Crippen LogP) is 3.93. The lowest BCUT2D eigenvalue weighted by Gasteiger charge is -2.21. The molecule has 28 heavy (non-hydrogen) atoms. The molecule has 1 amide bonds. The molecule has 0 bridgehead atoms. The van der Waals surface area contributed by atoms with Crippen molar-refractivity contribution in [3.8, 4) is 17.1 Å². The van der Waals surface area contributed by atoms with Gasteiger partial charge in [-0.3, -0.25) is 4.79 Å². The molecule has 0 unspecified atom stereocenters. The van der Waals surface area contributed by atoms with Gasteiger partial charge in [0.15, 0.2) is 6.61 Å². The minimum absolute atomic E-state index is 0.0427. The number of aromatic nitrogens is 2. The zero-order chi connectivity index (χ0) is 19.5. The number of likely N-dealkylation sites (tertiary alicyclic amines) is 1. The maximum absolute atomic E-state index is 13.1. The molecule has 0 radical (unpaired) electrons. The average Bonchev–Trinajstić information content (AvgIpc) is 3.36. The number of hydrogen-bond donors (Lipinski definition) is 0. The van der Waals surface area contributed by atoms with Crippen molar-refractivity contribution in [1.82, 2.24) is 15.0 Å². The first-order valence-electron chi connectivity index (χ1n) is 9.18. The first-order chi connectivity index (χ1) is 13.6. The lowest BCUT2D eigenvalue weighted by molar-refractivity contribution is -0.134. The van der Waals surface area contributed by atoms with Gasteiger partial charge < -0.3 is 14.2 Å². The van der Waals surface area contributed by atoms with Crippen LogP contribution in [0.4, 0.5) is 4.39 Å². The SMILES string of the molecule is Cc1cccc(OCC(=O)N2CCC[C@@H]2c2nc(-c3ccc(F)cc3)no2)c1. The van der Waals surface area contributed by atoms with E-state index in [0.717, 1.165) is 18.4 Å². The number of amides is 1. The summed E-state index contributed by atoms with van der Waals surface area (Å²) in [5, 5.41) is 3.98. The lowest BCUT2D eigenvalue weighted by atomic mass is 10.2. The van der Waals surface area contributed by atoms with Crippen molar-refractivity contribution in [3.63, 3.8) is 0 Å². The van der Waals surface area contributed by atoms with Crippen LogP contribution < -0.4 is 4.74 Å². The number of nitrogens with zero attached hydrogens (tertiary/aromatic N) is 3. The van der Waals surface area contributed by atoms with Crippen LogP contribution in [0.1, 0.15) is 30.3 Å². The highest BCUT2D eigenvalue weighted by Crippen LogP contribution is 2.32. The first-order valence-corrected chi connectivity index (χ1v) is 9.18. The van der Waals surface area contributed by atoms with Gasteiger partial charge in [0.05, 0.1) is 0 Å². The van der Waals surface area contributed by atoms with Gasteiger partial charge in [-0.1, -0.05) is 17.3 Å². The maximum Gasteiger partial charge on any atom is 0.261 e. The summed E-state index contributed by atoms with van der Waals surface area (Å²) in [5.74, 6) is 0.991. The van der Waals surface area contributed by atoms with Gasteiger partial charge in [0.25, 0.3) is 5.91 Å². The predicted molar refractivity (Wildman–Crippen MR) is 100 cm³/mol. The van der Waals surface area contributed by atoms with Crippen molar-refractivity contribution in [2.45, 2.75) is 25.8 Å². The molecule has 7 heteroatoms. The quantitative estimate of drug-likeness (QED) is 0.670. The topological polar surface area (TPSA) is 68.5 Å². The van der Waals surface area contributed by atoms with Crippen molar-refractivity contribution in [2.24, 2.45) is 0 Å². The third kappa shape index (κ3) is 3.88. The number of benzene rings is 2. The Bertz CT molecular complexity index is 971. The number of aryl methyl sites for hydroxylation is 1. The standard InChI is InChI=1S/C21H20FN3O3/c1-14-4-2-5-17(12-14)27-13-19(26)25-11-3-6-18(25)21-23-20(24-28-21)15-7-9-16(22)10-8-15/h2,4-5,7-10,12,18H,3,6,11,13H2,1H3/t18-/m1/s1. The average molecular weight is 381 g/mol. The van der Waals surface area contributed by atoms with Crippen LogP contribution in [0.25, 0.3) is 11.4 Å². The Labute approximate surface area is 161 Å². The van der Waals surface area contributed by atoms with Crippen molar-refractivity contribution in [1.29, 1.82) is 0 Å². The Hall–Kier alpha value is -3.22. The monoisotopic (exact) mass is 381 g/mol. The highest BCUT2D eigenvalue weighted by atomic mass is 19.1. The van der Waals surface area contributed by atoms with Crippen LogP contribution in [0.3, 0.4) is 0 Å². The molecule has 1 atom stereocenters. The fourth-order valence-corrected chi connectivity index (χ4v) is 3.34. The second-order valence-corrected chi connectivity index (χ2v) is 6.81. The lowest BCUT2D eigenvalue weighted by Crippen LogP contribution is -2.34. The van der Waals surface area contributed by atoms with Crippen molar-refractivity contribution >= 4 is 5.91 Å². The minimum Gasteiger partial charge on any atom is -0.484 e. The second-order valence-electron chi connectivity index (χ2n) is 6.81. The summed E-state index contributed by atoms with van der Waals surface area (Å²) in [5.41, 5.74) is 1.73. The molecule has 2 aromatic carbocycles. The van der Waals surface area contributed by atoms with Crippen LogP contribution in [0.15, 0.2) is 53.1 Å². The third-order valence-electron chi connectivity index (χ3n) is 4.75. The number of hydrogen-bond acceptors (Lipinski definition) is 5.